The molecule has 0 unspecified atom stereocenters. The van der Waals surface area contributed by atoms with Gasteiger partial charge in [-0.1, -0.05) is 29.0 Å². The highest BCUT2D eigenvalue weighted by Crippen LogP contribution is 2.50. The number of H-pyrrole nitrogens is 1. The number of aromatic hydroxyl groups is 1. The number of nitrogens with one attached hydrogen (secondary N) is 2. The van der Waals surface area contributed by atoms with E-state index in [1.165, 1.54) is 12.4 Å². The summed E-state index contributed by atoms with van der Waals surface area (Å²) in [5.74, 6) is -0.0835. The van der Waals surface area contributed by atoms with Gasteiger partial charge in [0.05, 0.1) is 4.90 Å². The number of furan rings is 1. The maximum absolute atomic E-state index is 10.4. The fourth-order valence-electron chi connectivity index (χ4n) is 2.53. The monoisotopic (exact) mass is 330 g/mol. The lowest BCUT2D eigenvalue weighted by atomic mass is 10.1. The largest absolute Gasteiger partial charge is 0.504 e. The van der Waals surface area contributed by atoms with E-state index in [1.54, 1.807) is 18.2 Å². The number of rotatable bonds is 3. The second-order valence-electron chi connectivity index (χ2n) is 5.16. The molecule has 0 aliphatic heterocycles. The highest BCUT2D eigenvalue weighted by atomic mass is 32.3. The Morgan fingerprint density at radius 2 is 1.74 bits per heavy atom. The van der Waals surface area contributed by atoms with Crippen LogP contribution in [0.2, 0.25) is 0 Å². The fourth-order valence-corrected chi connectivity index (χ4v) is 3.66. The summed E-state index contributed by atoms with van der Waals surface area (Å²) in [6, 6.07) is 12.6. The minimum atomic E-state index is -3.32. The van der Waals surface area contributed by atoms with Gasteiger partial charge in [0, 0.05) is 23.2 Å². The number of hydrogen-bond acceptors (Lipinski definition) is 5. The van der Waals surface area contributed by atoms with Crippen molar-refractivity contribution in [2.45, 2.75) is 4.90 Å². The first-order chi connectivity index (χ1) is 11.0. The molecule has 0 aliphatic carbocycles. The van der Waals surface area contributed by atoms with Gasteiger partial charge in [-0.3, -0.25) is 13.8 Å². The second-order valence-corrected chi connectivity index (χ2v) is 6.93. The number of hydrogen-bond donors (Lipinski definition) is 5. The van der Waals surface area contributed by atoms with Crippen molar-refractivity contribution >= 4 is 38.4 Å². The van der Waals surface area contributed by atoms with Gasteiger partial charge in [-0.05, 0) is 24.3 Å². The Hall–Kier alpha value is -2.61. The van der Waals surface area contributed by atoms with Crippen LogP contribution in [-0.4, -0.2) is 19.2 Å². The minimum Gasteiger partial charge on any atom is -0.504 e. The van der Waals surface area contributed by atoms with Crippen LogP contribution in [0.15, 0.2) is 64.2 Å². The van der Waals surface area contributed by atoms with E-state index in [1.807, 2.05) is 24.3 Å². The van der Waals surface area contributed by atoms with Gasteiger partial charge in [0.1, 0.15) is 16.9 Å². The van der Waals surface area contributed by atoms with Gasteiger partial charge in [0.25, 0.3) is 0 Å². The molecular formula is C16H14N2O4S. The molecule has 4 rings (SSSR count). The van der Waals surface area contributed by atoms with Crippen molar-refractivity contribution in [3.05, 3.63) is 54.9 Å². The fraction of sp³-hybridized carbons (Fsp3) is 0. The molecule has 118 valence electrons. The van der Waals surface area contributed by atoms with E-state index in [4.69, 9.17) is 4.42 Å². The lowest BCUT2D eigenvalue weighted by molar-refractivity contribution is 0.475. The highest BCUT2D eigenvalue weighted by molar-refractivity contribution is 8.25. The van der Waals surface area contributed by atoms with Crippen LogP contribution in [0.1, 0.15) is 0 Å². The van der Waals surface area contributed by atoms with Crippen molar-refractivity contribution in [3.8, 4) is 5.75 Å². The van der Waals surface area contributed by atoms with Crippen LogP contribution in [-0.2, 0) is 0 Å². The quantitative estimate of drug-likeness (QED) is 0.373. The number of fused-ring (bicyclic) bond motifs is 3. The van der Waals surface area contributed by atoms with E-state index in [-0.39, 0.29) is 11.4 Å². The number of aromatic nitrogens is 1. The van der Waals surface area contributed by atoms with Crippen LogP contribution >= 0.6 is 10.8 Å². The first kappa shape index (κ1) is 14.0. The van der Waals surface area contributed by atoms with Crippen molar-refractivity contribution < 1.29 is 18.6 Å². The predicted molar refractivity (Wildman–Crippen MR) is 90.9 cm³/mol. The molecule has 0 fully saturated rings. The summed E-state index contributed by atoms with van der Waals surface area (Å²) in [5, 5.41) is 11.3. The van der Waals surface area contributed by atoms with Gasteiger partial charge in [-0.2, -0.15) is 0 Å². The van der Waals surface area contributed by atoms with Crippen molar-refractivity contribution in [1.29, 1.82) is 0 Å². The molecule has 5 N–H and O–H groups in total. The van der Waals surface area contributed by atoms with Gasteiger partial charge < -0.3 is 14.5 Å². The molecule has 0 atom stereocenters. The Labute approximate surface area is 132 Å². The van der Waals surface area contributed by atoms with E-state index in [0.717, 1.165) is 16.4 Å². The van der Waals surface area contributed by atoms with Crippen molar-refractivity contribution in [2.75, 3.05) is 4.72 Å². The smallest absolute Gasteiger partial charge is 0.157 e. The molecule has 4 aromatic rings. The molecule has 2 heterocycles. The molecule has 7 heteroatoms. The summed E-state index contributed by atoms with van der Waals surface area (Å²) < 4.78 is 29.1. The van der Waals surface area contributed by atoms with Gasteiger partial charge in [-0.15, -0.1) is 0 Å². The topological polar surface area (TPSA) is 102 Å². The van der Waals surface area contributed by atoms with Gasteiger partial charge in [0.2, 0.25) is 0 Å². The molecule has 0 saturated carbocycles. The molecule has 0 amide bonds. The third-order valence-corrected chi connectivity index (χ3v) is 5.07. The molecule has 0 saturated heterocycles. The van der Waals surface area contributed by atoms with Crippen LogP contribution in [0.5, 0.6) is 5.75 Å². The molecule has 0 spiro atoms. The SMILES string of the molecule is Oc1c[nH]cc1NS(O)(O)c1ccc2oc3ccccc3c2c1. The molecular weight excluding hydrogens is 316 g/mol. The molecule has 2 aromatic heterocycles. The zero-order valence-corrected chi connectivity index (χ0v) is 12.7. The normalized spacial score (nSPS) is 12.8. The van der Waals surface area contributed by atoms with Crippen molar-refractivity contribution in [1.82, 2.24) is 4.98 Å². The number of anilines is 1. The molecule has 0 radical (unpaired) electrons. The van der Waals surface area contributed by atoms with Gasteiger partial charge in [-0.25, -0.2) is 0 Å². The van der Waals surface area contributed by atoms with E-state index >= 15 is 0 Å². The average molecular weight is 330 g/mol. The first-order valence-corrected chi connectivity index (χ1v) is 8.42. The Morgan fingerprint density at radius 3 is 2.52 bits per heavy atom. The van der Waals surface area contributed by atoms with Crippen LogP contribution in [0.3, 0.4) is 0 Å². The zero-order chi connectivity index (χ0) is 16.0. The molecule has 6 nitrogen and oxygen atoms in total. The summed E-state index contributed by atoms with van der Waals surface area (Å²) in [6.07, 6.45) is 2.81. The first-order valence-electron chi connectivity index (χ1n) is 6.88. The van der Waals surface area contributed by atoms with Crippen LogP contribution in [0.25, 0.3) is 21.9 Å². The molecule has 0 aliphatic rings. The van der Waals surface area contributed by atoms with Crippen LogP contribution < -0.4 is 4.72 Å². The maximum atomic E-state index is 10.4. The summed E-state index contributed by atoms with van der Waals surface area (Å²) in [4.78, 5) is 3.00. The van der Waals surface area contributed by atoms with E-state index in [0.29, 0.717) is 10.5 Å². The maximum Gasteiger partial charge on any atom is 0.157 e. The minimum absolute atomic E-state index is 0.0835. The lowest BCUT2D eigenvalue weighted by Gasteiger charge is -2.33. The Bertz CT molecular complexity index is 1010. The molecule has 2 aromatic carbocycles. The lowest BCUT2D eigenvalue weighted by Crippen LogP contribution is -2.09. The predicted octanol–water partition coefficient (Wildman–Crippen LogP) is 4.76. The number of aromatic amines is 1. The molecule has 23 heavy (non-hydrogen) atoms. The highest BCUT2D eigenvalue weighted by Gasteiger charge is 2.19. The Morgan fingerprint density at radius 1 is 0.957 bits per heavy atom. The van der Waals surface area contributed by atoms with Gasteiger partial charge >= 0.3 is 0 Å². The van der Waals surface area contributed by atoms with E-state index in [2.05, 4.69) is 9.71 Å². The summed E-state index contributed by atoms with van der Waals surface area (Å²) in [7, 11) is -3.32. The van der Waals surface area contributed by atoms with Gasteiger partial charge in [0.15, 0.2) is 5.75 Å². The summed E-state index contributed by atoms with van der Waals surface area (Å²) in [6.45, 7) is 0. The molecule has 0 bridgehead atoms. The Kier molecular flexibility index (Phi) is 3.02. The number of para-hydroxylation sites is 1. The van der Waals surface area contributed by atoms with Crippen LogP contribution in [0, 0.1) is 0 Å². The van der Waals surface area contributed by atoms with Crippen LogP contribution in [0.4, 0.5) is 5.69 Å². The standard InChI is InChI=1S/C16H14N2O4S/c19-14-9-17-8-13(14)18-23(20,21)10-5-6-16-12(7-10)11-3-1-2-4-15(11)22-16/h1-9,17-21H. The second kappa shape index (κ2) is 4.95. The third-order valence-electron chi connectivity index (χ3n) is 3.65. The average Bonchev–Trinajstić information content (AvgIpc) is 3.10. The van der Waals surface area contributed by atoms with E-state index in [9.17, 15) is 14.2 Å². The van der Waals surface area contributed by atoms with Crippen molar-refractivity contribution in [3.63, 3.8) is 0 Å². The summed E-state index contributed by atoms with van der Waals surface area (Å²) in [5.41, 5.74) is 1.64. The van der Waals surface area contributed by atoms with Crippen molar-refractivity contribution in [2.24, 2.45) is 0 Å². The number of benzene rings is 2. The zero-order valence-electron chi connectivity index (χ0n) is 11.9. The summed E-state index contributed by atoms with van der Waals surface area (Å²) >= 11 is 0. The van der Waals surface area contributed by atoms with E-state index < -0.39 is 10.8 Å². The third kappa shape index (κ3) is 2.31. The Balaban J connectivity index is 1.81.